The molecule has 1 aliphatic rings. The molecule has 5 nitrogen and oxygen atoms in total. The van der Waals surface area contributed by atoms with Gasteiger partial charge in [0.15, 0.2) is 0 Å². The quantitative estimate of drug-likeness (QED) is 0.877. The second kappa shape index (κ2) is 6.41. The number of rotatable bonds is 3. The third-order valence-corrected chi connectivity index (χ3v) is 3.64. The van der Waals surface area contributed by atoms with E-state index < -0.39 is 6.03 Å². The molecule has 0 spiro atoms. The van der Waals surface area contributed by atoms with Gasteiger partial charge in [-0.15, -0.1) is 0 Å². The van der Waals surface area contributed by atoms with E-state index in [0.29, 0.717) is 13.1 Å². The molecule has 108 valence electrons. The lowest BCUT2D eigenvalue weighted by Gasteiger charge is -2.32. The molecule has 0 saturated carbocycles. The normalized spacial score (nSPS) is 18.6. The second-order valence-electron chi connectivity index (χ2n) is 5.37. The number of aryl methyl sites for hydroxylation is 1. The largest absolute Gasteiger partial charge is 0.352 e. The number of nitrogens with zero attached hydrogens (tertiary/aromatic N) is 1. The van der Waals surface area contributed by atoms with Crippen LogP contribution in [0.4, 0.5) is 4.79 Å². The third kappa shape index (κ3) is 3.73. The lowest BCUT2D eigenvalue weighted by atomic mass is 9.97. The lowest BCUT2D eigenvalue weighted by Crippen LogP contribution is -2.44. The maximum Gasteiger partial charge on any atom is 0.312 e. The standard InChI is InChI=1S/C15H21N3O2/c1-11-4-2-6-13(8-11)14(19)18-7-3-5-12(10-18)9-17-15(16)20/h2,4,6,8,12H,3,5,7,9-10H2,1H3,(H3,16,17,20)/t12-/m1/s1. The molecule has 5 heteroatoms. The fourth-order valence-corrected chi connectivity index (χ4v) is 2.62. The summed E-state index contributed by atoms with van der Waals surface area (Å²) in [6, 6.07) is 7.13. The van der Waals surface area contributed by atoms with Gasteiger partial charge in [-0.3, -0.25) is 4.79 Å². The highest BCUT2D eigenvalue weighted by Crippen LogP contribution is 2.18. The van der Waals surface area contributed by atoms with Gasteiger partial charge in [-0.05, 0) is 37.8 Å². The molecular formula is C15H21N3O2. The molecule has 0 unspecified atom stereocenters. The number of likely N-dealkylation sites (tertiary alicyclic amines) is 1. The van der Waals surface area contributed by atoms with Crippen LogP contribution in [0.15, 0.2) is 24.3 Å². The van der Waals surface area contributed by atoms with Gasteiger partial charge in [0, 0.05) is 25.2 Å². The number of urea groups is 1. The summed E-state index contributed by atoms with van der Waals surface area (Å²) < 4.78 is 0. The number of piperidine rings is 1. The van der Waals surface area contributed by atoms with E-state index in [0.717, 1.165) is 30.5 Å². The molecule has 1 atom stereocenters. The van der Waals surface area contributed by atoms with Gasteiger partial charge >= 0.3 is 6.03 Å². The molecule has 1 aromatic rings. The maximum atomic E-state index is 12.4. The van der Waals surface area contributed by atoms with E-state index in [2.05, 4.69) is 5.32 Å². The summed E-state index contributed by atoms with van der Waals surface area (Å²) >= 11 is 0. The van der Waals surface area contributed by atoms with Crippen LogP contribution >= 0.6 is 0 Å². The van der Waals surface area contributed by atoms with Gasteiger partial charge in [-0.2, -0.15) is 0 Å². The minimum atomic E-state index is -0.507. The van der Waals surface area contributed by atoms with Gasteiger partial charge in [0.2, 0.25) is 0 Å². The zero-order chi connectivity index (χ0) is 14.5. The molecule has 1 heterocycles. The van der Waals surface area contributed by atoms with E-state index >= 15 is 0 Å². The third-order valence-electron chi connectivity index (χ3n) is 3.64. The molecule has 1 saturated heterocycles. The Morgan fingerprint density at radius 3 is 2.95 bits per heavy atom. The minimum absolute atomic E-state index is 0.0671. The summed E-state index contributed by atoms with van der Waals surface area (Å²) in [6.45, 7) is 3.96. The molecule has 1 aromatic carbocycles. The van der Waals surface area contributed by atoms with E-state index in [1.807, 2.05) is 36.1 Å². The predicted molar refractivity (Wildman–Crippen MR) is 77.4 cm³/mol. The molecule has 3 amide bonds. The van der Waals surface area contributed by atoms with Crippen LogP contribution in [-0.4, -0.2) is 36.5 Å². The molecule has 1 fully saturated rings. The van der Waals surface area contributed by atoms with Crippen molar-refractivity contribution >= 4 is 11.9 Å². The predicted octanol–water partition coefficient (Wildman–Crippen LogP) is 1.52. The Morgan fingerprint density at radius 2 is 2.25 bits per heavy atom. The number of nitrogens with two attached hydrogens (primary N) is 1. The van der Waals surface area contributed by atoms with Crippen LogP contribution in [0.5, 0.6) is 0 Å². The number of carbonyl (C=O) groups is 2. The van der Waals surface area contributed by atoms with Crippen molar-refractivity contribution in [2.45, 2.75) is 19.8 Å². The van der Waals surface area contributed by atoms with Crippen LogP contribution in [0.3, 0.4) is 0 Å². The molecule has 2 rings (SSSR count). The molecule has 0 aromatic heterocycles. The number of benzene rings is 1. The van der Waals surface area contributed by atoms with Gasteiger partial charge in [0.25, 0.3) is 5.91 Å². The maximum absolute atomic E-state index is 12.4. The van der Waals surface area contributed by atoms with Crippen molar-refractivity contribution in [1.82, 2.24) is 10.2 Å². The van der Waals surface area contributed by atoms with Crippen molar-refractivity contribution in [3.63, 3.8) is 0 Å². The van der Waals surface area contributed by atoms with Crippen LogP contribution in [-0.2, 0) is 0 Å². The van der Waals surface area contributed by atoms with Crippen molar-refractivity contribution in [2.24, 2.45) is 11.7 Å². The van der Waals surface area contributed by atoms with E-state index in [1.165, 1.54) is 0 Å². The molecule has 1 aliphatic heterocycles. The molecule has 20 heavy (non-hydrogen) atoms. The molecule has 0 bridgehead atoms. The summed E-state index contributed by atoms with van der Waals surface area (Å²) in [6.07, 6.45) is 1.97. The van der Waals surface area contributed by atoms with E-state index in [9.17, 15) is 9.59 Å². The average Bonchev–Trinajstić information content (AvgIpc) is 2.44. The van der Waals surface area contributed by atoms with Gasteiger partial charge in [-0.1, -0.05) is 17.7 Å². The first-order valence-corrected chi connectivity index (χ1v) is 6.95. The average molecular weight is 275 g/mol. The second-order valence-corrected chi connectivity index (χ2v) is 5.37. The van der Waals surface area contributed by atoms with Crippen molar-refractivity contribution in [3.8, 4) is 0 Å². The zero-order valence-electron chi connectivity index (χ0n) is 11.8. The van der Waals surface area contributed by atoms with Gasteiger partial charge in [0.1, 0.15) is 0 Å². The number of hydrogen-bond donors (Lipinski definition) is 2. The van der Waals surface area contributed by atoms with Crippen molar-refractivity contribution in [2.75, 3.05) is 19.6 Å². The molecule has 0 radical (unpaired) electrons. The Morgan fingerprint density at radius 1 is 1.45 bits per heavy atom. The molecular weight excluding hydrogens is 254 g/mol. The highest BCUT2D eigenvalue weighted by molar-refractivity contribution is 5.94. The Bertz CT molecular complexity index is 502. The Kier molecular flexibility index (Phi) is 4.61. The number of hydrogen-bond acceptors (Lipinski definition) is 2. The van der Waals surface area contributed by atoms with Crippen LogP contribution in [0.2, 0.25) is 0 Å². The van der Waals surface area contributed by atoms with E-state index in [-0.39, 0.29) is 11.8 Å². The van der Waals surface area contributed by atoms with Crippen molar-refractivity contribution in [1.29, 1.82) is 0 Å². The first-order chi connectivity index (χ1) is 9.56. The highest BCUT2D eigenvalue weighted by Gasteiger charge is 2.24. The van der Waals surface area contributed by atoms with Crippen LogP contribution in [0.25, 0.3) is 0 Å². The SMILES string of the molecule is Cc1cccc(C(=O)N2CCC[C@H](CNC(N)=O)C2)c1. The van der Waals surface area contributed by atoms with Gasteiger partial charge in [0.05, 0.1) is 0 Å². The van der Waals surface area contributed by atoms with Gasteiger partial charge < -0.3 is 16.0 Å². The van der Waals surface area contributed by atoms with E-state index in [4.69, 9.17) is 5.73 Å². The monoisotopic (exact) mass is 275 g/mol. The lowest BCUT2D eigenvalue weighted by molar-refractivity contribution is 0.0675. The van der Waals surface area contributed by atoms with Crippen molar-refractivity contribution in [3.05, 3.63) is 35.4 Å². The Hall–Kier alpha value is -2.04. The first kappa shape index (κ1) is 14.4. The Labute approximate surface area is 119 Å². The summed E-state index contributed by atoms with van der Waals surface area (Å²) in [4.78, 5) is 25.1. The molecule has 3 N–H and O–H groups in total. The summed E-state index contributed by atoms with van der Waals surface area (Å²) in [5.41, 5.74) is 6.89. The van der Waals surface area contributed by atoms with Crippen molar-refractivity contribution < 1.29 is 9.59 Å². The fraction of sp³-hybridized carbons (Fsp3) is 0.467. The number of nitrogens with one attached hydrogen (secondary N) is 1. The van der Waals surface area contributed by atoms with Gasteiger partial charge in [-0.25, -0.2) is 4.79 Å². The smallest absolute Gasteiger partial charge is 0.312 e. The van der Waals surface area contributed by atoms with E-state index in [1.54, 1.807) is 0 Å². The fourth-order valence-electron chi connectivity index (χ4n) is 2.62. The Balaban J connectivity index is 1.98. The van der Waals surface area contributed by atoms with Crippen LogP contribution < -0.4 is 11.1 Å². The summed E-state index contributed by atoms with van der Waals surface area (Å²) in [5.74, 6) is 0.350. The number of carbonyl (C=O) groups excluding carboxylic acids is 2. The summed E-state index contributed by atoms with van der Waals surface area (Å²) in [5, 5.41) is 2.62. The topological polar surface area (TPSA) is 75.4 Å². The van der Waals surface area contributed by atoms with Crippen LogP contribution in [0.1, 0.15) is 28.8 Å². The first-order valence-electron chi connectivity index (χ1n) is 6.95. The highest BCUT2D eigenvalue weighted by atomic mass is 16.2. The number of primary amides is 1. The number of amides is 3. The van der Waals surface area contributed by atoms with Crippen LogP contribution in [0, 0.1) is 12.8 Å². The minimum Gasteiger partial charge on any atom is -0.352 e. The summed E-state index contributed by atoms with van der Waals surface area (Å²) in [7, 11) is 0. The molecule has 0 aliphatic carbocycles. The zero-order valence-corrected chi connectivity index (χ0v) is 11.8.